The largest absolute Gasteiger partial charge is 0.480 e. The van der Waals surface area contributed by atoms with Crippen LogP contribution in [0.5, 0.6) is 0 Å². The molecule has 0 aromatic heterocycles. The summed E-state index contributed by atoms with van der Waals surface area (Å²) in [5, 5.41) is 9.44. The molecule has 1 fully saturated rings. The molecule has 0 amide bonds. The summed E-state index contributed by atoms with van der Waals surface area (Å²) in [6.07, 6.45) is 2.38. The van der Waals surface area contributed by atoms with Crippen molar-refractivity contribution >= 4 is 37.4 Å². The molecule has 24 heavy (non-hydrogen) atoms. The smallest absolute Gasteiger partial charge is 0.322 e. The third-order valence-corrected chi connectivity index (χ3v) is 6.83. The molecule has 0 bridgehead atoms. The summed E-state index contributed by atoms with van der Waals surface area (Å²) in [4.78, 5) is 11.1. The van der Waals surface area contributed by atoms with Gasteiger partial charge in [0.25, 0.3) is 0 Å². The van der Waals surface area contributed by atoms with Gasteiger partial charge in [-0.1, -0.05) is 17.7 Å². The Kier molecular flexibility index (Phi) is 5.58. The van der Waals surface area contributed by atoms with E-state index in [0.29, 0.717) is 12.8 Å². The zero-order valence-corrected chi connectivity index (χ0v) is 15.4. The van der Waals surface area contributed by atoms with Crippen LogP contribution >= 0.6 is 11.6 Å². The summed E-state index contributed by atoms with van der Waals surface area (Å²) >= 11 is 5.88. The van der Waals surface area contributed by atoms with Crippen LogP contribution in [0.3, 0.4) is 0 Å². The van der Waals surface area contributed by atoms with Crippen molar-refractivity contribution in [3.63, 3.8) is 0 Å². The highest BCUT2D eigenvalue weighted by Gasteiger charge is 2.38. The normalized spacial score (nSPS) is 20.0. The van der Waals surface area contributed by atoms with Crippen molar-refractivity contribution in [2.75, 3.05) is 12.8 Å². The van der Waals surface area contributed by atoms with Gasteiger partial charge in [-0.2, -0.15) is 4.31 Å². The lowest BCUT2D eigenvalue weighted by Crippen LogP contribution is -2.48. The molecule has 1 aliphatic rings. The van der Waals surface area contributed by atoms with Crippen LogP contribution in [-0.4, -0.2) is 51.1 Å². The van der Waals surface area contributed by atoms with E-state index in [1.165, 1.54) is 18.2 Å². The topological polar surface area (TPSA) is 109 Å². The second kappa shape index (κ2) is 6.99. The Balaban J connectivity index is 2.55. The van der Waals surface area contributed by atoms with Crippen molar-refractivity contribution in [1.29, 1.82) is 0 Å². The molecule has 1 saturated heterocycles. The molecule has 1 N–H and O–H groups in total. The molecule has 10 heteroatoms. The molecule has 1 aromatic rings. The molecular weight excluding hydrogens is 378 g/mol. The standard InChI is InChI=1S/C14H18ClNO6S2/c1-23(19,20)9-10-5-6-11(15)8-13(10)24(21,22)16-7-3-2-4-12(16)14(17)18/h5-6,8,12H,2-4,7,9H2,1H3,(H,17,18). The maximum absolute atomic E-state index is 13.0. The fourth-order valence-electron chi connectivity index (χ4n) is 2.74. The summed E-state index contributed by atoms with van der Waals surface area (Å²) in [6.45, 7) is 0.0735. The Morgan fingerprint density at radius 1 is 1.29 bits per heavy atom. The molecule has 134 valence electrons. The molecule has 0 aliphatic carbocycles. The number of aliphatic carboxylic acids is 1. The summed E-state index contributed by atoms with van der Waals surface area (Å²) in [5.41, 5.74) is 0.0802. The van der Waals surface area contributed by atoms with E-state index < -0.39 is 37.6 Å². The highest BCUT2D eigenvalue weighted by molar-refractivity contribution is 7.90. The lowest BCUT2D eigenvalue weighted by atomic mass is 10.1. The molecule has 2 rings (SSSR count). The van der Waals surface area contributed by atoms with Crippen molar-refractivity contribution in [2.24, 2.45) is 0 Å². The second-order valence-corrected chi connectivity index (χ2v) is 10.2. The van der Waals surface area contributed by atoms with Crippen LogP contribution in [0.1, 0.15) is 24.8 Å². The van der Waals surface area contributed by atoms with E-state index in [4.69, 9.17) is 11.6 Å². The molecule has 1 unspecified atom stereocenters. The third-order valence-electron chi connectivity index (χ3n) is 3.77. The van der Waals surface area contributed by atoms with Gasteiger partial charge in [-0.3, -0.25) is 4.79 Å². The molecule has 0 radical (unpaired) electrons. The first-order valence-electron chi connectivity index (χ1n) is 7.23. The number of rotatable bonds is 5. The predicted octanol–water partition coefficient (Wildman–Crippen LogP) is 1.51. The zero-order chi connectivity index (χ0) is 18.1. The number of carboxylic acid groups (broad SMARTS) is 1. The number of hydrogen-bond donors (Lipinski definition) is 1. The van der Waals surface area contributed by atoms with Crippen molar-refractivity contribution in [2.45, 2.75) is 36.0 Å². The van der Waals surface area contributed by atoms with Crippen molar-refractivity contribution in [1.82, 2.24) is 4.31 Å². The van der Waals surface area contributed by atoms with E-state index in [9.17, 15) is 26.7 Å². The van der Waals surface area contributed by atoms with E-state index >= 15 is 0 Å². The average Bonchev–Trinajstić information content (AvgIpc) is 2.47. The van der Waals surface area contributed by atoms with Crippen LogP contribution in [-0.2, 0) is 30.4 Å². The van der Waals surface area contributed by atoms with E-state index in [1.807, 2.05) is 0 Å². The summed E-state index contributed by atoms with van der Waals surface area (Å²) in [7, 11) is -7.65. The number of nitrogens with zero attached hydrogens (tertiary/aromatic N) is 1. The van der Waals surface area contributed by atoms with Crippen LogP contribution < -0.4 is 0 Å². The average molecular weight is 396 g/mol. The summed E-state index contributed by atoms with van der Waals surface area (Å²) in [6, 6.07) is 2.76. The quantitative estimate of drug-likeness (QED) is 0.809. The third kappa shape index (κ3) is 4.27. The maximum atomic E-state index is 13.0. The number of carbonyl (C=O) groups is 1. The maximum Gasteiger partial charge on any atom is 0.322 e. The van der Waals surface area contributed by atoms with Gasteiger partial charge in [-0.05, 0) is 37.0 Å². The minimum Gasteiger partial charge on any atom is -0.480 e. The molecule has 1 aromatic carbocycles. The molecule has 0 saturated carbocycles. The molecule has 7 nitrogen and oxygen atoms in total. The van der Waals surface area contributed by atoms with E-state index in [-0.39, 0.29) is 28.4 Å². The van der Waals surface area contributed by atoms with Crippen LogP contribution in [0.15, 0.2) is 23.1 Å². The first-order valence-corrected chi connectivity index (χ1v) is 11.1. The number of sulfone groups is 1. The molecule has 1 heterocycles. The number of sulfonamides is 1. The lowest BCUT2D eigenvalue weighted by Gasteiger charge is -2.32. The van der Waals surface area contributed by atoms with Crippen LogP contribution in [0.2, 0.25) is 5.02 Å². The molecule has 1 atom stereocenters. The van der Waals surface area contributed by atoms with Crippen molar-refractivity contribution < 1.29 is 26.7 Å². The summed E-state index contributed by atoms with van der Waals surface area (Å²) < 4.78 is 50.0. The van der Waals surface area contributed by atoms with Gasteiger partial charge in [0.2, 0.25) is 10.0 Å². The lowest BCUT2D eigenvalue weighted by molar-refractivity contribution is -0.142. The first-order chi connectivity index (χ1) is 11.0. The Morgan fingerprint density at radius 2 is 1.96 bits per heavy atom. The van der Waals surface area contributed by atoms with E-state index in [2.05, 4.69) is 0 Å². The van der Waals surface area contributed by atoms with Crippen LogP contribution in [0.25, 0.3) is 0 Å². The zero-order valence-electron chi connectivity index (χ0n) is 13.0. The monoisotopic (exact) mass is 395 g/mol. The minimum absolute atomic E-state index is 0.0735. The highest BCUT2D eigenvalue weighted by Crippen LogP contribution is 2.30. The Hall–Kier alpha value is -1.16. The van der Waals surface area contributed by atoms with Crippen molar-refractivity contribution in [3.05, 3.63) is 28.8 Å². The highest BCUT2D eigenvalue weighted by atomic mass is 35.5. The second-order valence-electron chi connectivity index (χ2n) is 5.79. The van der Waals surface area contributed by atoms with Crippen LogP contribution in [0.4, 0.5) is 0 Å². The molecule has 0 spiro atoms. The number of piperidine rings is 1. The van der Waals surface area contributed by atoms with E-state index in [1.54, 1.807) is 0 Å². The Morgan fingerprint density at radius 3 is 2.54 bits per heavy atom. The molecular formula is C14H18ClNO6S2. The van der Waals surface area contributed by atoms with Gasteiger partial charge in [-0.15, -0.1) is 0 Å². The fraction of sp³-hybridized carbons (Fsp3) is 0.500. The Labute approximate surface area is 146 Å². The van der Waals surface area contributed by atoms with Crippen LogP contribution in [0, 0.1) is 0 Å². The fourth-order valence-corrected chi connectivity index (χ4v) is 5.78. The number of hydrogen-bond acceptors (Lipinski definition) is 5. The number of carboxylic acids is 1. The Bertz CT molecular complexity index is 850. The van der Waals surface area contributed by atoms with Gasteiger partial charge in [0.1, 0.15) is 6.04 Å². The van der Waals surface area contributed by atoms with Gasteiger partial charge >= 0.3 is 5.97 Å². The van der Waals surface area contributed by atoms with Gasteiger partial charge in [0, 0.05) is 17.8 Å². The van der Waals surface area contributed by atoms with E-state index in [0.717, 1.165) is 10.6 Å². The number of benzene rings is 1. The van der Waals surface area contributed by atoms with Gasteiger partial charge < -0.3 is 5.11 Å². The minimum atomic E-state index is -4.18. The number of halogens is 1. The predicted molar refractivity (Wildman–Crippen MR) is 89.2 cm³/mol. The summed E-state index contributed by atoms with van der Waals surface area (Å²) in [5.74, 6) is -1.69. The van der Waals surface area contributed by atoms with Gasteiger partial charge in [0.05, 0.1) is 10.6 Å². The van der Waals surface area contributed by atoms with Crippen molar-refractivity contribution in [3.8, 4) is 0 Å². The van der Waals surface area contributed by atoms with Gasteiger partial charge in [0.15, 0.2) is 9.84 Å². The molecule has 1 aliphatic heterocycles. The SMILES string of the molecule is CS(=O)(=O)Cc1ccc(Cl)cc1S(=O)(=O)N1CCCCC1C(=O)O. The first kappa shape index (κ1) is 19.2. The van der Waals surface area contributed by atoms with Gasteiger partial charge in [-0.25, -0.2) is 16.8 Å².